The van der Waals surface area contributed by atoms with Gasteiger partial charge in [-0.25, -0.2) is 0 Å². The van der Waals surface area contributed by atoms with Crippen molar-refractivity contribution >= 4 is 0 Å². The number of hydrogen-bond acceptors (Lipinski definition) is 2. The van der Waals surface area contributed by atoms with E-state index in [2.05, 4.69) is 35.1 Å². The maximum atomic E-state index is 4.53. The molecule has 0 amide bonds. The fourth-order valence-corrected chi connectivity index (χ4v) is 4.84. The van der Waals surface area contributed by atoms with Gasteiger partial charge < -0.3 is 5.32 Å². The minimum atomic E-state index is 0.488. The van der Waals surface area contributed by atoms with Crippen LogP contribution in [-0.2, 0) is 6.54 Å². The van der Waals surface area contributed by atoms with Gasteiger partial charge in [-0.05, 0) is 56.6 Å². The second kappa shape index (κ2) is 6.95. The molecule has 0 aliphatic heterocycles. The SMILES string of the molecule is CCCn1nccc1C(NC)C1CCC2CCCCC2C1. The molecule has 2 fully saturated rings. The summed E-state index contributed by atoms with van der Waals surface area (Å²) in [5.74, 6) is 2.82. The van der Waals surface area contributed by atoms with Crippen LogP contribution in [0.1, 0.15) is 70.0 Å². The Bertz CT molecular complexity index is 439. The van der Waals surface area contributed by atoms with Gasteiger partial charge in [-0.1, -0.05) is 32.6 Å². The van der Waals surface area contributed by atoms with Crippen LogP contribution in [0, 0.1) is 17.8 Å². The Morgan fingerprint density at radius 1 is 1.24 bits per heavy atom. The monoisotopic (exact) mass is 289 g/mol. The zero-order chi connectivity index (χ0) is 14.7. The summed E-state index contributed by atoms with van der Waals surface area (Å²) in [6.07, 6.45) is 13.3. The molecule has 1 N–H and O–H groups in total. The number of fused-ring (bicyclic) bond motifs is 1. The molecule has 0 spiro atoms. The Kier molecular flexibility index (Phi) is 4.99. The second-order valence-electron chi connectivity index (χ2n) is 7.12. The summed E-state index contributed by atoms with van der Waals surface area (Å²) in [6.45, 7) is 3.27. The minimum absolute atomic E-state index is 0.488. The van der Waals surface area contributed by atoms with Crippen molar-refractivity contribution in [1.82, 2.24) is 15.1 Å². The highest BCUT2D eigenvalue weighted by Gasteiger charge is 2.36. The minimum Gasteiger partial charge on any atom is -0.311 e. The van der Waals surface area contributed by atoms with E-state index in [4.69, 9.17) is 0 Å². The van der Waals surface area contributed by atoms with Crippen molar-refractivity contribution in [3.05, 3.63) is 18.0 Å². The van der Waals surface area contributed by atoms with Gasteiger partial charge in [-0.3, -0.25) is 4.68 Å². The van der Waals surface area contributed by atoms with E-state index in [1.165, 1.54) is 50.6 Å². The topological polar surface area (TPSA) is 29.9 Å². The molecule has 3 rings (SSSR count). The van der Waals surface area contributed by atoms with E-state index in [0.29, 0.717) is 6.04 Å². The first kappa shape index (κ1) is 15.1. The van der Waals surface area contributed by atoms with E-state index in [1.54, 1.807) is 0 Å². The summed E-state index contributed by atoms with van der Waals surface area (Å²) in [5.41, 5.74) is 1.40. The number of aryl methyl sites for hydroxylation is 1. The molecule has 1 aromatic heterocycles. The third-order valence-corrected chi connectivity index (χ3v) is 5.87. The Balaban J connectivity index is 1.72. The van der Waals surface area contributed by atoms with Crippen LogP contribution in [-0.4, -0.2) is 16.8 Å². The Labute approximate surface area is 129 Å². The predicted octanol–water partition coefficient (Wildman–Crippen LogP) is 4.16. The lowest BCUT2D eigenvalue weighted by Crippen LogP contribution is -2.35. The number of aromatic nitrogens is 2. The molecular weight excluding hydrogens is 258 g/mol. The van der Waals surface area contributed by atoms with Gasteiger partial charge in [0.25, 0.3) is 0 Å². The van der Waals surface area contributed by atoms with Gasteiger partial charge >= 0.3 is 0 Å². The lowest BCUT2D eigenvalue weighted by molar-refractivity contribution is 0.109. The molecule has 21 heavy (non-hydrogen) atoms. The fraction of sp³-hybridized carbons (Fsp3) is 0.833. The van der Waals surface area contributed by atoms with E-state index < -0.39 is 0 Å². The molecule has 4 unspecified atom stereocenters. The highest BCUT2D eigenvalue weighted by Crippen LogP contribution is 2.46. The summed E-state index contributed by atoms with van der Waals surface area (Å²) >= 11 is 0. The molecule has 2 saturated carbocycles. The predicted molar refractivity (Wildman–Crippen MR) is 87.1 cm³/mol. The lowest BCUT2D eigenvalue weighted by atomic mass is 9.66. The first-order valence-corrected chi connectivity index (χ1v) is 9.02. The van der Waals surface area contributed by atoms with Crippen molar-refractivity contribution in [2.75, 3.05) is 7.05 Å². The summed E-state index contributed by atoms with van der Waals surface area (Å²) < 4.78 is 2.22. The molecule has 0 radical (unpaired) electrons. The zero-order valence-corrected chi connectivity index (χ0v) is 13.7. The quantitative estimate of drug-likeness (QED) is 0.882. The zero-order valence-electron chi connectivity index (χ0n) is 13.7. The molecule has 0 bridgehead atoms. The van der Waals surface area contributed by atoms with Crippen LogP contribution >= 0.6 is 0 Å². The second-order valence-corrected chi connectivity index (χ2v) is 7.12. The van der Waals surface area contributed by atoms with Gasteiger partial charge in [0, 0.05) is 12.7 Å². The van der Waals surface area contributed by atoms with Gasteiger partial charge in [0.05, 0.1) is 11.7 Å². The smallest absolute Gasteiger partial charge is 0.0556 e. The molecule has 118 valence electrons. The largest absolute Gasteiger partial charge is 0.311 e. The summed E-state index contributed by atoms with van der Waals surface area (Å²) in [4.78, 5) is 0. The first-order valence-electron chi connectivity index (χ1n) is 9.02. The van der Waals surface area contributed by atoms with Crippen LogP contribution in [0.2, 0.25) is 0 Å². The summed E-state index contributed by atoms with van der Waals surface area (Å²) in [5, 5.41) is 8.14. The molecule has 1 aromatic rings. The van der Waals surface area contributed by atoms with Crippen molar-refractivity contribution in [3.8, 4) is 0 Å². The van der Waals surface area contributed by atoms with Crippen LogP contribution in [0.15, 0.2) is 12.3 Å². The van der Waals surface area contributed by atoms with Crippen LogP contribution < -0.4 is 5.32 Å². The van der Waals surface area contributed by atoms with Gasteiger partial charge in [0.15, 0.2) is 0 Å². The molecule has 2 aliphatic carbocycles. The number of rotatable bonds is 5. The van der Waals surface area contributed by atoms with E-state index in [-0.39, 0.29) is 0 Å². The van der Waals surface area contributed by atoms with E-state index >= 15 is 0 Å². The van der Waals surface area contributed by atoms with Gasteiger partial charge in [0.1, 0.15) is 0 Å². The average Bonchev–Trinajstić information content (AvgIpc) is 2.97. The van der Waals surface area contributed by atoms with Gasteiger partial charge in [-0.15, -0.1) is 0 Å². The molecule has 3 nitrogen and oxygen atoms in total. The molecular formula is C18H31N3. The third-order valence-electron chi connectivity index (χ3n) is 5.87. The molecule has 0 saturated heterocycles. The molecule has 4 atom stereocenters. The molecule has 0 aromatic carbocycles. The Morgan fingerprint density at radius 3 is 2.81 bits per heavy atom. The summed E-state index contributed by atoms with van der Waals surface area (Å²) in [6, 6.07) is 2.71. The van der Waals surface area contributed by atoms with Crippen molar-refractivity contribution in [3.63, 3.8) is 0 Å². The Hall–Kier alpha value is -0.830. The van der Waals surface area contributed by atoms with E-state index in [0.717, 1.165) is 30.7 Å². The van der Waals surface area contributed by atoms with Gasteiger partial charge in [-0.2, -0.15) is 5.10 Å². The number of nitrogens with zero attached hydrogens (tertiary/aromatic N) is 2. The lowest BCUT2D eigenvalue weighted by Gasteiger charge is -2.42. The van der Waals surface area contributed by atoms with Crippen molar-refractivity contribution in [2.45, 2.75) is 70.9 Å². The highest BCUT2D eigenvalue weighted by molar-refractivity contribution is 5.09. The van der Waals surface area contributed by atoms with Crippen molar-refractivity contribution < 1.29 is 0 Å². The van der Waals surface area contributed by atoms with Crippen LogP contribution in [0.3, 0.4) is 0 Å². The number of nitrogens with one attached hydrogen (secondary N) is 1. The van der Waals surface area contributed by atoms with Crippen molar-refractivity contribution in [1.29, 1.82) is 0 Å². The van der Waals surface area contributed by atoms with Crippen LogP contribution in [0.4, 0.5) is 0 Å². The maximum Gasteiger partial charge on any atom is 0.0556 e. The standard InChI is InChI=1S/C18H31N3/c1-3-12-21-17(10-11-20-21)18(19-2)16-9-8-14-6-4-5-7-15(14)13-16/h10-11,14-16,18-19H,3-9,12-13H2,1-2H3. The van der Waals surface area contributed by atoms with E-state index in [1.807, 2.05) is 6.20 Å². The molecule has 2 aliphatic rings. The highest BCUT2D eigenvalue weighted by atomic mass is 15.3. The molecule has 3 heteroatoms. The molecule has 1 heterocycles. The average molecular weight is 289 g/mol. The Morgan fingerprint density at radius 2 is 2.05 bits per heavy atom. The van der Waals surface area contributed by atoms with E-state index in [9.17, 15) is 0 Å². The van der Waals surface area contributed by atoms with Gasteiger partial charge in [0.2, 0.25) is 0 Å². The summed E-state index contributed by atoms with van der Waals surface area (Å²) in [7, 11) is 2.13. The maximum absolute atomic E-state index is 4.53. The third kappa shape index (κ3) is 3.18. The first-order chi connectivity index (χ1) is 10.3. The van der Waals surface area contributed by atoms with Crippen LogP contribution in [0.25, 0.3) is 0 Å². The van der Waals surface area contributed by atoms with Crippen molar-refractivity contribution in [2.24, 2.45) is 17.8 Å². The number of hydrogen-bond donors (Lipinski definition) is 1. The normalized spacial score (nSPS) is 30.9. The fourth-order valence-electron chi connectivity index (χ4n) is 4.84. The van der Waals surface area contributed by atoms with Crippen LogP contribution in [0.5, 0.6) is 0 Å².